The van der Waals surface area contributed by atoms with Gasteiger partial charge in [0.05, 0.1) is 5.56 Å². The Kier molecular flexibility index (Phi) is 3.57. The number of halogens is 2. The van der Waals surface area contributed by atoms with Crippen LogP contribution in [0.5, 0.6) is 0 Å². The van der Waals surface area contributed by atoms with Crippen molar-refractivity contribution in [3.8, 4) is 11.4 Å². The molecule has 0 aliphatic heterocycles. The molecular formula is C11H12F2N4O2S. The number of rotatable bonds is 3. The zero-order valence-electron chi connectivity index (χ0n) is 10.7. The van der Waals surface area contributed by atoms with Crippen molar-refractivity contribution in [1.29, 1.82) is 0 Å². The highest BCUT2D eigenvalue weighted by molar-refractivity contribution is 7.89. The molecule has 1 aromatic carbocycles. The van der Waals surface area contributed by atoms with Crippen molar-refractivity contribution in [3.05, 3.63) is 29.8 Å². The zero-order chi connectivity index (χ0) is 15.1. The van der Waals surface area contributed by atoms with Crippen molar-refractivity contribution in [1.82, 2.24) is 14.8 Å². The number of hydrogen-bond donors (Lipinski definition) is 1. The molecule has 0 aliphatic carbocycles. The van der Waals surface area contributed by atoms with E-state index in [1.54, 1.807) is 13.8 Å². The Morgan fingerprint density at radius 3 is 2.20 bits per heavy atom. The molecule has 2 N–H and O–H groups in total. The van der Waals surface area contributed by atoms with Gasteiger partial charge in [-0.1, -0.05) is 6.07 Å². The van der Waals surface area contributed by atoms with E-state index < -0.39 is 38.4 Å². The van der Waals surface area contributed by atoms with E-state index in [1.165, 1.54) is 6.07 Å². The van der Waals surface area contributed by atoms with Gasteiger partial charge in [0.25, 0.3) is 15.2 Å². The fourth-order valence-electron chi connectivity index (χ4n) is 1.82. The monoisotopic (exact) mass is 302 g/mol. The summed E-state index contributed by atoms with van der Waals surface area (Å²) in [4.78, 5) is 0. The molecule has 0 unspecified atom stereocenters. The minimum atomic E-state index is -4.15. The molecule has 1 aromatic heterocycles. The van der Waals surface area contributed by atoms with Gasteiger partial charge in [-0.15, -0.1) is 10.2 Å². The molecule has 0 aliphatic rings. The number of nitrogens with zero attached hydrogens (tertiary/aromatic N) is 3. The fourth-order valence-corrected chi connectivity index (χ4v) is 2.54. The summed E-state index contributed by atoms with van der Waals surface area (Å²) in [6.07, 6.45) is 0. The smallest absolute Gasteiger partial charge is 0.273 e. The lowest BCUT2D eigenvalue weighted by molar-refractivity contribution is 0.519. The van der Waals surface area contributed by atoms with Crippen LogP contribution >= 0.6 is 0 Å². The quantitative estimate of drug-likeness (QED) is 0.929. The van der Waals surface area contributed by atoms with Crippen molar-refractivity contribution in [2.75, 3.05) is 0 Å². The molecule has 2 aromatic rings. The Hall–Kier alpha value is -1.87. The molecular weight excluding hydrogens is 290 g/mol. The maximum absolute atomic E-state index is 13.8. The first kappa shape index (κ1) is 14.5. The lowest BCUT2D eigenvalue weighted by Crippen LogP contribution is -2.20. The lowest BCUT2D eigenvalue weighted by atomic mass is 10.2. The maximum atomic E-state index is 13.8. The zero-order valence-corrected chi connectivity index (χ0v) is 11.5. The molecule has 0 fully saturated rings. The van der Waals surface area contributed by atoms with Crippen LogP contribution in [0, 0.1) is 11.6 Å². The molecule has 0 amide bonds. The van der Waals surface area contributed by atoms with Gasteiger partial charge >= 0.3 is 0 Å². The maximum Gasteiger partial charge on any atom is 0.273 e. The highest BCUT2D eigenvalue weighted by Gasteiger charge is 2.26. The van der Waals surface area contributed by atoms with Gasteiger partial charge in [0.2, 0.25) is 0 Å². The predicted octanol–water partition coefficient (Wildman–Crippen LogP) is 1.45. The standard InChI is InChI=1S/C11H12F2N4O2S/c1-6(2)17-10(15-16-11(17)20(14,18)19)9-7(12)4-3-5-8(9)13/h3-6H,1-2H3,(H2,14,18,19). The van der Waals surface area contributed by atoms with Crippen LogP contribution in [0.3, 0.4) is 0 Å². The third kappa shape index (κ3) is 2.41. The van der Waals surface area contributed by atoms with Gasteiger partial charge in [0.15, 0.2) is 5.82 Å². The molecule has 108 valence electrons. The van der Waals surface area contributed by atoms with E-state index in [0.29, 0.717) is 0 Å². The fraction of sp³-hybridized carbons (Fsp3) is 0.273. The number of hydrogen-bond acceptors (Lipinski definition) is 4. The summed E-state index contributed by atoms with van der Waals surface area (Å²) in [6, 6.07) is 2.85. The molecule has 9 heteroatoms. The van der Waals surface area contributed by atoms with Crippen LogP contribution in [0.25, 0.3) is 11.4 Å². The Morgan fingerprint density at radius 2 is 1.75 bits per heavy atom. The van der Waals surface area contributed by atoms with Crippen LogP contribution in [0.2, 0.25) is 0 Å². The van der Waals surface area contributed by atoms with Crippen LogP contribution < -0.4 is 5.14 Å². The average Bonchev–Trinajstić information content (AvgIpc) is 2.73. The van der Waals surface area contributed by atoms with E-state index in [4.69, 9.17) is 5.14 Å². The molecule has 0 spiro atoms. The molecule has 0 saturated heterocycles. The van der Waals surface area contributed by atoms with Gasteiger partial charge in [-0.2, -0.15) is 0 Å². The summed E-state index contributed by atoms with van der Waals surface area (Å²) in [5.41, 5.74) is -0.441. The van der Waals surface area contributed by atoms with E-state index in [-0.39, 0.29) is 5.82 Å². The Labute approximate surface area is 114 Å². The first-order valence-electron chi connectivity index (χ1n) is 5.65. The van der Waals surface area contributed by atoms with Crippen molar-refractivity contribution in [2.45, 2.75) is 25.0 Å². The summed E-state index contributed by atoms with van der Waals surface area (Å²) < 4.78 is 51.5. The third-order valence-electron chi connectivity index (χ3n) is 2.62. The summed E-state index contributed by atoms with van der Waals surface area (Å²) in [7, 11) is -4.15. The Balaban J connectivity index is 2.80. The normalized spacial score (nSPS) is 12.1. The van der Waals surface area contributed by atoms with Crippen LogP contribution in [0.4, 0.5) is 8.78 Å². The highest BCUT2D eigenvalue weighted by atomic mass is 32.2. The topological polar surface area (TPSA) is 90.9 Å². The molecule has 20 heavy (non-hydrogen) atoms. The van der Waals surface area contributed by atoms with Crippen LogP contribution in [0.1, 0.15) is 19.9 Å². The van der Waals surface area contributed by atoms with Gasteiger partial charge in [0, 0.05) is 6.04 Å². The van der Waals surface area contributed by atoms with Gasteiger partial charge in [-0.25, -0.2) is 22.3 Å². The highest BCUT2D eigenvalue weighted by Crippen LogP contribution is 2.28. The lowest BCUT2D eigenvalue weighted by Gasteiger charge is -2.13. The minimum absolute atomic E-state index is 0.223. The van der Waals surface area contributed by atoms with E-state index >= 15 is 0 Å². The molecule has 0 radical (unpaired) electrons. The van der Waals surface area contributed by atoms with Gasteiger partial charge in [-0.3, -0.25) is 4.57 Å². The average molecular weight is 302 g/mol. The number of aromatic nitrogens is 3. The SMILES string of the molecule is CC(C)n1c(-c2c(F)cccc2F)nnc1S(N)(=O)=O. The Morgan fingerprint density at radius 1 is 1.20 bits per heavy atom. The van der Waals surface area contributed by atoms with Crippen LogP contribution in [-0.2, 0) is 10.0 Å². The second kappa shape index (κ2) is 4.91. The van der Waals surface area contributed by atoms with Crippen molar-refractivity contribution >= 4 is 10.0 Å². The van der Waals surface area contributed by atoms with E-state index in [9.17, 15) is 17.2 Å². The van der Waals surface area contributed by atoms with Crippen LogP contribution in [-0.4, -0.2) is 23.2 Å². The summed E-state index contributed by atoms with van der Waals surface area (Å²) in [5, 5.41) is 11.5. The summed E-state index contributed by atoms with van der Waals surface area (Å²) >= 11 is 0. The summed E-state index contributed by atoms with van der Waals surface area (Å²) in [6.45, 7) is 3.25. The van der Waals surface area contributed by atoms with E-state index in [2.05, 4.69) is 10.2 Å². The van der Waals surface area contributed by atoms with Gasteiger partial charge in [0.1, 0.15) is 11.6 Å². The number of nitrogens with two attached hydrogens (primary N) is 1. The largest absolute Gasteiger partial charge is 0.294 e. The van der Waals surface area contributed by atoms with E-state index in [0.717, 1.165) is 16.7 Å². The molecule has 6 nitrogen and oxygen atoms in total. The van der Waals surface area contributed by atoms with Crippen molar-refractivity contribution in [2.24, 2.45) is 5.14 Å². The molecule has 0 saturated carbocycles. The Bertz CT molecular complexity index is 736. The number of benzene rings is 1. The minimum Gasteiger partial charge on any atom is -0.294 e. The molecule has 0 atom stereocenters. The van der Waals surface area contributed by atoms with Gasteiger partial charge in [-0.05, 0) is 26.0 Å². The first-order chi connectivity index (χ1) is 9.23. The number of sulfonamides is 1. The first-order valence-corrected chi connectivity index (χ1v) is 7.20. The van der Waals surface area contributed by atoms with Gasteiger partial charge < -0.3 is 0 Å². The van der Waals surface area contributed by atoms with Crippen LogP contribution in [0.15, 0.2) is 23.4 Å². The third-order valence-corrected chi connectivity index (χ3v) is 3.41. The molecule has 2 rings (SSSR count). The summed E-state index contributed by atoms with van der Waals surface area (Å²) in [5.74, 6) is -1.94. The van der Waals surface area contributed by atoms with Crippen molar-refractivity contribution < 1.29 is 17.2 Å². The van der Waals surface area contributed by atoms with E-state index in [1.807, 2.05) is 0 Å². The van der Waals surface area contributed by atoms with Crippen molar-refractivity contribution in [3.63, 3.8) is 0 Å². The second-order valence-corrected chi connectivity index (χ2v) is 5.87. The predicted molar refractivity (Wildman–Crippen MR) is 67.1 cm³/mol. The molecule has 1 heterocycles. The number of primary sulfonamides is 1. The second-order valence-electron chi connectivity index (χ2n) is 4.41. The molecule has 0 bridgehead atoms.